The number of carbonyl (C=O) groups excluding carboxylic acids is 1. The maximum absolute atomic E-state index is 13.0. The molecule has 2 atom stereocenters. The zero-order chi connectivity index (χ0) is 11.5. The average Bonchev–Trinajstić information content (AvgIpc) is 2.28. The van der Waals surface area contributed by atoms with Crippen LogP contribution in [0, 0.1) is 5.82 Å². The molecule has 2 N–H and O–H groups in total. The van der Waals surface area contributed by atoms with Crippen molar-refractivity contribution in [3.63, 3.8) is 0 Å². The molecule has 1 aromatic rings. The van der Waals surface area contributed by atoms with Crippen LogP contribution in [0.2, 0.25) is 0 Å². The zero-order valence-electron chi connectivity index (χ0n) is 8.87. The van der Waals surface area contributed by atoms with Gasteiger partial charge in [0, 0.05) is 5.75 Å². The summed E-state index contributed by atoms with van der Waals surface area (Å²) in [5.74, 6) is 0.521. The molecule has 86 valence electrons. The van der Waals surface area contributed by atoms with E-state index in [2.05, 4.69) is 10.6 Å². The van der Waals surface area contributed by atoms with E-state index in [0.29, 0.717) is 0 Å². The molecule has 0 saturated heterocycles. The lowest BCUT2D eigenvalue weighted by molar-refractivity contribution is -0.108. The number of halogens is 1. The largest absolute Gasteiger partial charge is 0.377 e. The van der Waals surface area contributed by atoms with Crippen LogP contribution in [0.25, 0.3) is 0 Å². The number of nitrogens with one attached hydrogen (secondary N) is 2. The predicted molar refractivity (Wildman–Crippen MR) is 65.7 cm³/mol. The Morgan fingerprint density at radius 1 is 1.44 bits per heavy atom. The van der Waals surface area contributed by atoms with Gasteiger partial charge in [0.15, 0.2) is 0 Å². The summed E-state index contributed by atoms with van der Waals surface area (Å²) in [6, 6.07) is 4.21. The third-order valence-corrected chi connectivity index (χ3v) is 3.26. The van der Waals surface area contributed by atoms with Crippen LogP contribution < -0.4 is 10.6 Å². The number of hydrogen-bond donors (Lipinski definition) is 2. The van der Waals surface area contributed by atoms with Crippen LogP contribution in [0.1, 0.15) is 0 Å². The summed E-state index contributed by atoms with van der Waals surface area (Å²) in [5.41, 5.74) is 1.49. The first-order valence-electron chi connectivity index (χ1n) is 5.01. The summed E-state index contributed by atoms with van der Waals surface area (Å²) in [6.45, 7) is 0. The van der Waals surface area contributed by atoms with Gasteiger partial charge >= 0.3 is 0 Å². The van der Waals surface area contributed by atoms with Gasteiger partial charge < -0.3 is 15.4 Å². The number of fused-ring (bicyclic) bond motifs is 1. The summed E-state index contributed by atoms with van der Waals surface area (Å²) in [6.07, 6.45) is 2.87. The summed E-state index contributed by atoms with van der Waals surface area (Å²) in [4.78, 5) is 10.9. The Morgan fingerprint density at radius 3 is 2.94 bits per heavy atom. The Labute approximate surface area is 97.8 Å². The maximum atomic E-state index is 13.0. The van der Waals surface area contributed by atoms with Crippen LogP contribution >= 0.6 is 11.8 Å². The van der Waals surface area contributed by atoms with Crippen molar-refractivity contribution in [1.82, 2.24) is 0 Å². The fraction of sp³-hybridized carbons (Fsp3) is 0.364. The van der Waals surface area contributed by atoms with Gasteiger partial charge in [0.25, 0.3) is 0 Å². The second-order valence-electron chi connectivity index (χ2n) is 3.70. The Bertz CT molecular complexity index is 400. The number of anilines is 2. The van der Waals surface area contributed by atoms with Crippen LogP contribution in [-0.4, -0.2) is 30.4 Å². The molecule has 0 spiro atoms. The number of carbonyl (C=O) groups is 1. The molecule has 0 radical (unpaired) electrons. The molecule has 3 nitrogen and oxygen atoms in total. The second-order valence-corrected chi connectivity index (χ2v) is 4.61. The first-order valence-corrected chi connectivity index (χ1v) is 6.41. The molecule has 0 amide bonds. The van der Waals surface area contributed by atoms with E-state index >= 15 is 0 Å². The highest BCUT2D eigenvalue weighted by atomic mass is 32.2. The van der Waals surface area contributed by atoms with E-state index in [4.69, 9.17) is 0 Å². The molecule has 0 aromatic heterocycles. The third-order valence-electron chi connectivity index (χ3n) is 2.57. The molecule has 0 saturated carbocycles. The normalized spacial score (nSPS) is 22.9. The number of rotatable bonds is 3. The second kappa shape index (κ2) is 4.74. The molecule has 0 aliphatic carbocycles. The van der Waals surface area contributed by atoms with Crippen molar-refractivity contribution in [2.45, 2.75) is 12.1 Å². The molecule has 1 aliphatic rings. The van der Waals surface area contributed by atoms with Gasteiger partial charge in [0.05, 0.1) is 17.4 Å². The topological polar surface area (TPSA) is 41.1 Å². The summed E-state index contributed by atoms with van der Waals surface area (Å²) in [5, 5.41) is 6.28. The van der Waals surface area contributed by atoms with Gasteiger partial charge in [-0.05, 0) is 24.5 Å². The van der Waals surface area contributed by atoms with Gasteiger partial charge in [-0.1, -0.05) is 0 Å². The first-order chi connectivity index (χ1) is 7.74. The van der Waals surface area contributed by atoms with Crippen molar-refractivity contribution in [3.8, 4) is 0 Å². The minimum Gasteiger partial charge on any atom is -0.377 e. The highest BCUT2D eigenvalue weighted by Gasteiger charge is 2.26. The van der Waals surface area contributed by atoms with Gasteiger partial charge in [-0.25, -0.2) is 4.39 Å². The van der Waals surface area contributed by atoms with Gasteiger partial charge in [0.2, 0.25) is 0 Å². The molecular weight excluding hydrogens is 227 g/mol. The van der Waals surface area contributed by atoms with E-state index in [-0.39, 0.29) is 17.9 Å². The van der Waals surface area contributed by atoms with E-state index < -0.39 is 0 Å². The average molecular weight is 240 g/mol. The summed E-state index contributed by atoms with van der Waals surface area (Å²) < 4.78 is 13.0. The molecule has 1 aromatic carbocycles. The summed E-state index contributed by atoms with van der Waals surface area (Å²) >= 11 is 1.65. The van der Waals surface area contributed by atoms with E-state index in [1.807, 2.05) is 6.26 Å². The Balaban J connectivity index is 2.26. The molecule has 0 fully saturated rings. The zero-order valence-corrected chi connectivity index (χ0v) is 9.68. The predicted octanol–water partition coefficient (Wildman–Crippen LogP) is 1.96. The number of benzene rings is 1. The number of aldehydes is 1. The number of thioether (sulfide) groups is 1. The van der Waals surface area contributed by atoms with Crippen molar-refractivity contribution < 1.29 is 9.18 Å². The molecule has 5 heteroatoms. The molecule has 1 aliphatic heterocycles. The highest BCUT2D eigenvalue weighted by molar-refractivity contribution is 7.98. The number of hydrogen-bond acceptors (Lipinski definition) is 4. The SMILES string of the molecule is CSCC1Nc2cc(F)ccc2NC1C=O. The van der Waals surface area contributed by atoms with E-state index in [1.54, 1.807) is 17.8 Å². The van der Waals surface area contributed by atoms with Crippen molar-refractivity contribution in [2.24, 2.45) is 0 Å². The van der Waals surface area contributed by atoms with Gasteiger partial charge in [-0.2, -0.15) is 11.8 Å². The molecule has 2 unspecified atom stereocenters. The van der Waals surface area contributed by atoms with Crippen molar-refractivity contribution in [3.05, 3.63) is 24.0 Å². The quantitative estimate of drug-likeness (QED) is 0.792. The van der Waals surface area contributed by atoms with Crippen LogP contribution in [-0.2, 0) is 4.79 Å². The third kappa shape index (κ3) is 2.14. The minimum absolute atomic E-state index is 0.00167. The molecule has 0 bridgehead atoms. The lowest BCUT2D eigenvalue weighted by Gasteiger charge is -2.32. The fourth-order valence-corrected chi connectivity index (χ4v) is 2.43. The molecular formula is C11H13FN2OS. The van der Waals surface area contributed by atoms with Crippen LogP contribution in [0.4, 0.5) is 15.8 Å². The minimum atomic E-state index is -0.277. The van der Waals surface area contributed by atoms with Crippen LogP contribution in [0.3, 0.4) is 0 Å². The smallest absolute Gasteiger partial charge is 0.144 e. The summed E-state index contributed by atoms with van der Waals surface area (Å²) in [7, 11) is 0. The maximum Gasteiger partial charge on any atom is 0.144 e. The Kier molecular flexibility index (Phi) is 3.33. The fourth-order valence-electron chi connectivity index (χ4n) is 1.79. The molecule has 1 heterocycles. The van der Waals surface area contributed by atoms with E-state index in [9.17, 15) is 9.18 Å². The highest BCUT2D eigenvalue weighted by Crippen LogP contribution is 2.29. The van der Waals surface area contributed by atoms with E-state index in [1.165, 1.54) is 12.1 Å². The standard InChI is InChI=1S/C11H13FN2OS/c1-16-6-11-10(5-15)13-8-3-2-7(12)4-9(8)14-11/h2-5,10-11,13-14H,6H2,1H3. The Hall–Kier alpha value is -1.23. The van der Waals surface area contributed by atoms with Gasteiger partial charge in [0.1, 0.15) is 18.1 Å². The van der Waals surface area contributed by atoms with Crippen molar-refractivity contribution in [1.29, 1.82) is 0 Å². The Morgan fingerprint density at radius 2 is 2.25 bits per heavy atom. The first kappa shape index (κ1) is 11.3. The lowest BCUT2D eigenvalue weighted by atomic mass is 10.1. The van der Waals surface area contributed by atoms with Crippen molar-refractivity contribution in [2.75, 3.05) is 22.6 Å². The van der Waals surface area contributed by atoms with Gasteiger partial charge in [-0.15, -0.1) is 0 Å². The van der Waals surface area contributed by atoms with Gasteiger partial charge in [-0.3, -0.25) is 0 Å². The van der Waals surface area contributed by atoms with Crippen molar-refractivity contribution >= 4 is 29.4 Å². The molecule has 16 heavy (non-hydrogen) atoms. The van der Waals surface area contributed by atoms with Crippen LogP contribution in [0.15, 0.2) is 18.2 Å². The lowest BCUT2D eigenvalue weighted by Crippen LogP contribution is -2.45. The monoisotopic (exact) mass is 240 g/mol. The van der Waals surface area contributed by atoms with E-state index in [0.717, 1.165) is 23.4 Å². The van der Waals surface area contributed by atoms with Crippen LogP contribution in [0.5, 0.6) is 0 Å². The molecule has 2 rings (SSSR count).